The Balaban J connectivity index is 1.83. The van der Waals surface area contributed by atoms with E-state index in [2.05, 4.69) is 5.32 Å². The van der Waals surface area contributed by atoms with Crippen LogP contribution in [0.5, 0.6) is 0 Å². The third kappa shape index (κ3) is 3.06. The Morgan fingerprint density at radius 3 is 3.06 bits per heavy atom. The predicted octanol–water partition coefficient (Wildman–Crippen LogP) is 1.49. The summed E-state index contributed by atoms with van der Waals surface area (Å²) in [7, 11) is 0. The average molecular weight is 252 g/mol. The van der Waals surface area contributed by atoms with Gasteiger partial charge in [0.15, 0.2) is 0 Å². The summed E-state index contributed by atoms with van der Waals surface area (Å²) < 4.78 is 0. The molecule has 1 unspecified atom stereocenters. The molecule has 5 heteroatoms. The molecule has 92 valence electrons. The summed E-state index contributed by atoms with van der Waals surface area (Å²) in [5.74, 6) is 0.140. The van der Waals surface area contributed by atoms with Crippen LogP contribution in [0.4, 0.5) is 0 Å². The lowest BCUT2D eigenvalue weighted by Crippen LogP contribution is -2.42. The lowest BCUT2D eigenvalue weighted by molar-refractivity contribution is -0.127. The van der Waals surface area contributed by atoms with Gasteiger partial charge in [-0.05, 0) is 24.8 Å². The molecule has 1 atom stereocenters. The van der Waals surface area contributed by atoms with Crippen LogP contribution in [0.25, 0.3) is 0 Å². The van der Waals surface area contributed by atoms with E-state index in [0.29, 0.717) is 17.8 Å². The topological polar surface area (TPSA) is 49.4 Å². The zero-order valence-corrected chi connectivity index (χ0v) is 10.6. The third-order valence-electron chi connectivity index (χ3n) is 2.79. The van der Waals surface area contributed by atoms with E-state index < -0.39 is 0 Å². The van der Waals surface area contributed by atoms with E-state index in [-0.39, 0.29) is 17.9 Å². The molecule has 17 heavy (non-hydrogen) atoms. The summed E-state index contributed by atoms with van der Waals surface area (Å²) in [6.07, 6.45) is 1.58. The molecule has 1 aromatic heterocycles. The minimum atomic E-state index is -0.0563. The molecule has 1 aliphatic heterocycles. The molecule has 1 aliphatic rings. The zero-order chi connectivity index (χ0) is 12.3. The Labute approximate surface area is 105 Å². The van der Waals surface area contributed by atoms with Gasteiger partial charge < -0.3 is 10.2 Å². The molecule has 0 bridgehead atoms. The smallest absolute Gasteiger partial charge is 0.261 e. The molecule has 0 spiro atoms. The Bertz CT molecular complexity index is 403. The van der Waals surface area contributed by atoms with Crippen molar-refractivity contribution in [1.29, 1.82) is 0 Å². The quantitative estimate of drug-likeness (QED) is 0.882. The van der Waals surface area contributed by atoms with Crippen molar-refractivity contribution in [2.75, 3.05) is 13.1 Å². The summed E-state index contributed by atoms with van der Waals surface area (Å²) in [6.45, 7) is 3.35. The molecule has 2 heterocycles. The van der Waals surface area contributed by atoms with Crippen LogP contribution in [0.15, 0.2) is 17.5 Å². The molecule has 0 aliphatic carbocycles. The number of nitrogens with zero attached hydrogens (tertiary/aromatic N) is 1. The largest absolute Gasteiger partial charge is 0.347 e. The highest BCUT2D eigenvalue weighted by molar-refractivity contribution is 7.12. The van der Waals surface area contributed by atoms with Crippen molar-refractivity contribution < 1.29 is 9.59 Å². The van der Waals surface area contributed by atoms with Crippen molar-refractivity contribution >= 4 is 23.2 Å². The van der Waals surface area contributed by atoms with Crippen LogP contribution in [0.1, 0.15) is 29.4 Å². The second-order valence-corrected chi connectivity index (χ2v) is 5.24. The molecule has 2 rings (SSSR count). The molecule has 1 saturated heterocycles. The maximum atomic E-state index is 11.8. The van der Waals surface area contributed by atoms with E-state index in [4.69, 9.17) is 0 Å². The zero-order valence-electron chi connectivity index (χ0n) is 9.81. The van der Waals surface area contributed by atoms with Crippen molar-refractivity contribution in [2.45, 2.75) is 25.8 Å². The Morgan fingerprint density at radius 1 is 1.65 bits per heavy atom. The van der Waals surface area contributed by atoms with Gasteiger partial charge in [-0.2, -0.15) is 0 Å². The van der Waals surface area contributed by atoms with Gasteiger partial charge in [0.1, 0.15) is 0 Å². The van der Waals surface area contributed by atoms with Gasteiger partial charge in [-0.1, -0.05) is 6.07 Å². The van der Waals surface area contributed by atoms with Gasteiger partial charge in [-0.15, -0.1) is 11.3 Å². The number of likely N-dealkylation sites (tertiary alicyclic amines) is 1. The highest BCUT2D eigenvalue weighted by Crippen LogP contribution is 2.11. The van der Waals surface area contributed by atoms with Gasteiger partial charge in [-0.25, -0.2) is 0 Å². The van der Waals surface area contributed by atoms with Gasteiger partial charge in [-0.3, -0.25) is 9.59 Å². The minimum Gasteiger partial charge on any atom is -0.347 e. The predicted molar refractivity (Wildman–Crippen MR) is 67.1 cm³/mol. The molecule has 1 fully saturated rings. The van der Waals surface area contributed by atoms with Gasteiger partial charge >= 0.3 is 0 Å². The Hall–Kier alpha value is -1.36. The van der Waals surface area contributed by atoms with Crippen LogP contribution in [0.2, 0.25) is 0 Å². The molecule has 2 amide bonds. The van der Waals surface area contributed by atoms with Gasteiger partial charge in [0.25, 0.3) is 5.91 Å². The number of carbonyl (C=O) groups is 2. The fourth-order valence-corrected chi connectivity index (χ4v) is 2.60. The lowest BCUT2D eigenvalue weighted by atomic mass is 10.3. The Kier molecular flexibility index (Phi) is 3.78. The van der Waals surface area contributed by atoms with E-state index in [0.717, 1.165) is 13.0 Å². The first-order valence-corrected chi connectivity index (χ1v) is 6.67. The van der Waals surface area contributed by atoms with Crippen molar-refractivity contribution in [2.24, 2.45) is 0 Å². The molecule has 0 saturated carbocycles. The van der Waals surface area contributed by atoms with Crippen molar-refractivity contribution in [3.63, 3.8) is 0 Å². The van der Waals surface area contributed by atoms with E-state index in [1.807, 2.05) is 23.3 Å². The number of carbonyl (C=O) groups excluding carboxylic acids is 2. The molecule has 0 aromatic carbocycles. The highest BCUT2D eigenvalue weighted by Gasteiger charge is 2.22. The van der Waals surface area contributed by atoms with E-state index in [1.165, 1.54) is 11.3 Å². The number of hydrogen-bond donors (Lipinski definition) is 1. The van der Waals surface area contributed by atoms with Gasteiger partial charge in [0.2, 0.25) is 5.91 Å². The van der Waals surface area contributed by atoms with Crippen LogP contribution in [0, 0.1) is 0 Å². The summed E-state index contributed by atoms with van der Waals surface area (Å²) in [5.41, 5.74) is 0. The first kappa shape index (κ1) is 12.1. The number of hydrogen-bond acceptors (Lipinski definition) is 3. The van der Waals surface area contributed by atoms with Crippen molar-refractivity contribution in [3.8, 4) is 0 Å². The summed E-state index contributed by atoms with van der Waals surface area (Å²) in [6, 6.07) is 3.65. The minimum absolute atomic E-state index is 0.00773. The van der Waals surface area contributed by atoms with E-state index >= 15 is 0 Å². The van der Waals surface area contributed by atoms with E-state index in [1.54, 1.807) is 6.07 Å². The van der Waals surface area contributed by atoms with Gasteiger partial charge in [0.05, 0.1) is 4.88 Å². The Morgan fingerprint density at radius 2 is 2.47 bits per heavy atom. The molecular formula is C12H16N2O2S. The number of nitrogens with one attached hydrogen (secondary N) is 1. The fraction of sp³-hybridized carbons (Fsp3) is 0.500. The summed E-state index contributed by atoms with van der Waals surface area (Å²) in [5, 5.41) is 4.79. The SMILES string of the molecule is CC(CN1CCCC1=O)NC(=O)c1cccs1. The normalized spacial score (nSPS) is 17.2. The molecule has 0 radical (unpaired) electrons. The maximum absolute atomic E-state index is 11.8. The third-order valence-corrected chi connectivity index (χ3v) is 3.66. The van der Waals surface area contributed by atoms with Crippen LogP contribution < -0.4 is 5.32 Å². The van der Waals surface area contributed by atoms with Crippen LogP contribution >= 0.6 is 11.3 Å². The van der Waals surface area contributed by atoms with Crippen molar-refractivity contribution in [3.05, 3.63) is 22.4 Å². The average Bonchev–Trinajstić information content (AvgIpc) is 2.90. The highest BCUT2D eigenvalue weighted by atomic mass is 32.1. The number of thiophene rings is 1. The molecule has 4 nitrogen and oxygen atoms in total. The maximum Gasteiger partial charge on any atom is 0.261 e. The first-order valence-electron chi connectivity index (χ1n) is 5.79. The molecule has 1 aromatic rings. The van der Waals surface area contributed by atoms with E-state index in [9.17, 15) is 9.59 Å². The summed E-state index contributed by atoms with van der Waals surface area (Å²) in [4.78, 5) is 25.7. The second kappa shape index (κ2) is 5.31. The van der Waals surface area contributed by atoms with Crippen LogP contribution in [0.3, 0.4) is 0 Å². The first-order chi connectivity index (χ1) is 8.16. The second-order valence-electron chi connectivity index (χ2n) is 4.30. The van der Waals surface area contributed by atoms with Crippen LogP contribution in [-0.4, -0.2) is 35.8 Å². The standard InChI is InChI=1S/C12H16N2O2S/c1-9(8-14-6-2-5-11(14)15)13-12(16)10-4-3-7-17-10/h3-4,7,9H,2,5-6,8H2,1H3,(H,13,16). The summed E-state index contributed by atoms with van der Waals surface area (Å²) >= 11 is 1.42. The fourth-order valence-electron chi connectivity index (χ4n) is 1.98. The monoisotopic (exact) mass is 252 g/mol. The van der Waals surface area contributed by atoms with Crippen LogP contribution in [-0.2, 0) is 4.79 Å². The molecule has 1 N–H and O–H groups in total. The lowest BCUT2D eigenvalue weighted by Gasteiger charge is -2.21. The number of rotatable bonds is 4. The molecular weight excluding hydrogens is 236 g/mol. The van der Waals surface area contributed by atoms with Crippen molar-refractivity contribution in [1.82, 2.24) is 10.2 Å². The number of amides is 2. The van der Waals surface area contributed by atoms with Gasteiger partial charge in [0, 0.05) is 25.6 Å².